The van der Waals surface area contributed by atoms with Crippen LogP contribution in [-0.2, 0) is 0 Å². The molecular weight excluding hydrogens is 192 g/mol. The lowest BCUT2D eigenvalue weighted by molar-refractivity contribution is 0.383. The molecule has 1 unspecified atom stereocenters. The predicted molar refractivity (Wildman–Crippen MR) is 54.2 cm³/mol. The summed E-state index contributed by atoms with van der Waals surface area (Å²) in [7, 11) is 1.85. The van der Waals surface area contributed by atoms with Crippen LogP contribution in [0, 0.1) is 6.92 Å². The largest absolute Gasteiger partial charge is 0.340 e. The minimum Gasteiger partial charge on any atom is -0.340 e. The minimum absolute atomic E-state index is 0.0730. The van der Waals surface area contributed by atoms with Crippen molar-refractivity contribution in [1.82, 2.24) is 20.4 Å². The third-order valence-corrected chi connectivity index (χ3v) is 2.11. The first kappa shape index (κ1) is 9.79. The van der Waals surface area contributed by atoms with Crippen molar-refractivity contribution in [2.75, 3.05) is 7.05 Å². The molecule has 78 valence electrons. The van der Waals surface area contributed by atoms with Crippen LogP contribution in [0.25, 0.3) is 0 Å². The zero-order chi connectivity index (χ0) is 10.7. The van der Waals surface area contributed by atoms with Gasteiger partial charge in [0, 0.05) is 19.3 Å². The van der Waals surface area contributed by atoms with Crippen molar-refractivity contribution in [2.24, 2.45) is 0 Å². The summed E-state index contributed by atoms with van der Waals surface area (Å²) in [5.41, 5.74) is 1.01. The zero-order valence-corrected chi connectivity index (χ0v) is 8.64. The number of nitrogens with zero attached hydrogens (tertiary/aromatic N) is 3. The Balaban J connectivity index is 2.33. The Kier molecular flexibility index (Phi) is 2.73. The van der Waals surface area contributed by atoms with Gasteiger partial charge in [0.15, 0.2) is 5.82 Å². The Hall–Kier alpha value is -1.75. The molecule has 0 aliphatic rings. The fourth-order valence-corrected chi connectivity index (χ4v) is 1.42. The Morgan fingerprint density at radius 1 is 1.47 bits per heavy atom. The van der Waals surface area contributed by atoms with Crippen molar-refractivity contribution in [2.45, 2.75) is 13.0 Å². The van der Waals surface area contributed by atoms with Crippen molar-refractivity contribution in [1.29, 1.82) is 0 Å². The van der Waals surface area contributed by atoms with Crippen LogP contribution in [0.15, 0.2) is 29.0 Å². The molecule has 1 N–H and O–H groups in total. The van der Waals surface area contributed by atoms with Gasteiger partial charge in [-0.05, 0) is 18.7 Å². The number of rotatable bonds is 3. The van der Waals surface area contributed by atoms with E-state index in [1.807, 2.05) is 19.2 Å². The highest BCUT2D eigenvalue weighted by atomic mass is 16.5. The maximum atomic E-state index is 4.95. The number of aromatic nitrogens is 3. The Morgan fingerprint density at radius 2 is 2.33 bits per heavy atom. The molecule has 0 saturated heterocycles. The second kappa shape index (κ2) is 4.18. The van der Waals surface area contributed by atoms with Crippen molar-refractivity contribution in [3.8, 4) is 0 Å². The molecule has 0 radical (unpaired) electrons. The van der Waals surface area contributed by atoms with Gasteiger partial charge >= 0.3 is 0 Å². The van der Waals surface area contributed by atoms with E-state index in [1.165, 1.54) is 0 Å². The maximum Gasteiger partial charge on any atom is 0.223 e. The molecular formula is C10H12N4O. The Morgan fingerprint density at radius 3 is 2.87 bits per heavy atom. The van der Waals surface area contributed by atoms with Crippen LogP contribution in [0.5, 0.6) is 0 Å². The van der Waals surface area contributed by atoms with E-state index in [2.05, 4.69) is 20.4 Å². The third kappa shape index (κ3) is 2.02. The van der Waals surface area contributed by atoms with E-state index in [-0.39, 0.29) is 6.04 Å². The molecule has 5 heteroatoms. The van der Waals surface area contributed by atoms with Gasteiger partial charge in [0.25, 0.3) is 0 Å². The van der Waals surface area contributed by atoms with E-state index < -0.39 is 0 Å². The average Bonchev–Trinajstić information content (AvgIpc) is 2.68. The van der Waals surface area contributed by atoms with Crippen molar-refractivity contribution in [3.05, 3.63) is 41.8 Å². The molecule has 2 rings (SSSR count). The van der Waals surface area contributed by atoms with Crippen LogP contribution in [-0.4, -0.2) is 22.2 Å². The monoisotopic (exact) mass is 204 g/mol. The quantitative estimate of drug-likeness (QED) is 0.810. The molecule has 5 nitrogen and oxygen atoms in total. The molecule has 1 atom stereocenters. The second-order valence-corrected chi connectivity index (χ2v) is 3.18. The van der Waals surface area contributed by atoms with E-state index >= 15 is 0 Å². The Bertz CT molecular complexity index is 426. The van der Waals surface area contributed by atoms with Crippen molar-refractivity contribution in [3.63, 3.8) is 0 Å². The van der Waals surface area contributed by atoms with Crippen LogP contribution in [0.4, 0.5) is 0 Å². The van der Waals surface area contributed by atoms with Gasteiger partial charge in [-0.1, -0.05) is 11.2 Å². The molecule has 0 aliphatic carbocycles. The Labute approximate surface area is 87.5 Å². The number of aryl methyl sites for hydroxylation is 1. The lowest BCUT2D eigenvalue weighted by atomic mass is 10.1. The molecule has 0 spiro atoms. The predicted octanol–water partition coefficient (Wildman–Crippen LogP) is 1.08. The number of hydrogen-bond donors (Lipinski definition) is 1. The summed E-state index contributed by atoms with van der Waals surface area (Å²) < 4.78 is 4.95. The molecule has 0 aliphatic heterocycles. The molecule has 0 amide bonds. The molecule has 2 aromatic heterocycles. The van der Waals surface area contributed by atoms with Gasteiger partial charge in [0.05, 0.1) is 6.04 Å². The van der Waals surface area contributed by atoms with Crippen LogP contribution < -0.4 is 5.32 Å². The zero-order valence-electron chi connectivity index (χ0n) is 8.64. The summed E-state index contributed by atoms with van der Waals surface area (Å²) in [6, 6.07) is 3.78. The van der Waals surface area contributed by atoms with Gasteiger partial charge in [0.2, 0.25) is 5.89 Å². The van der Waals surface area contributed by atoms with E-state index in [1.54, 1.807) is 19.3 Å². The molecule has 0 saturated carbocycles. The normalized spacial score (nSPS) is 12.7. The highest BCUT2D eigenvalue weighted by Gasteiger charge is 2.17. The van der Waals surface area contributed by atoms with Crippen molar-refractivity contribution >= 4 is 0 Å². The van der Waals surface area contributed by atoms with Crippen LogP contribution in [0.3, 0.4) is 0 Å². The first-order chi connectivity index (χ1) is 7.31. The third-order valence-electron chi connectivity index (χ3n) is 2.11. The van der Waals surface area contributed by atoms with Crippen LogP contribution >= 0.6 is 0 Å². The lowest BCUT2D eigenvalue weighted by Crippen LogP contribution is -2.19. The second-order valence-electron chi connectivity index (χ2n) is 3.18. The van der Waals surface area contributed by atoms with E-state index in [4.69, 9.17) is 4.52 Å². The molecule has 0 fully saturated rings. The summed E-state index contributed by atoms with van der Waals surface area (Å²) in [5.74, 6) is 1.19. The van der Waals surface area contributed by atoms with Gasteiger partial charge < -0.3 is 9.84 Å². The van der Waals surface area contributed by atoms with Gasteiger partial charge in [-0.2, -0.15) is 4.98 Å². The first-order valence-electron chi connectivity index (χ1n) is 4.68. The summed E-state index contributed by atoms with van der Waals surface area (Å²) >= 11 is 0. The summed E-state index contributed by atoms with van der Waals surface area (Å²) in [4.78, 5) is 8.25. The van der Waals surface area contributed by atoms with E-state index in [0.717, 1.165) is 5.56 Å². The fourth-order valence-electron chi connectivity index (χ4n) is 1.42. The topological polar surface area (TPSA) is 63.8 Å². The average molecular weight is 204 g/mol. The smallest absolute Gasteiger partial charge is 0.223 e. The standard InChI is InChI=1S/C10H12N4O/c1-7-13-10(14-15-7)9(11-2)8-4-3-5-12-6-8/h3-6,9,11H,1-2H3. The maximum absolute atomic E-state index is 4.95. The number of hydrogen-bond acceptors (Lipinski definition) is 5. The van der Waals surface area contributed by atoms with Gasteiger partial charge in [0.1, 0.15) is 0 Å². The highest BCUT2D eigenvalue weighted by Crippen LogP contribution is 2.17. The number of pyridine rings is 1. The van der Waals surface area contributed by atoms with Crippen LogP contribution in [0.2, 0.25) is 0 Å². The molecule has 0 bridgehead atoms. The summed E-state index contributed by atoms with van der Waals surface area (Å²) in [5, 5.41) is 7.01. The molecule has 2 aromatic rings. The first-order valence-corrected chi connectivity index (χ1v) is 4.68. The minimum atomic E-state index is -0.0730. The molecule has 0 aromatic carbocycles. The summed E-state index contributed by atoms with van der Waals surface area (Å²) in [6.45, 7) is 1.77. The SMILES string of the molecule is CNC(c1cccnc1)c1noc(C)n1. The van der Waals surface area contributed by atoms with E-state index in [0.29, 0.717) is 11.7 Å². The number of nitrogens with one attached hydrogen (secondary N) is 1. The lowest BCUT2D eigenvalue weighted by Gasteiger charge is -2.10. The van der Waals surface area contributed by atoms with Crippen molar-refractivity contribution < 1.29 is 4.52 Å². The molecule has 2 heterocycles. The van der Waals surface area contributed by atoms with Gasteiger partial charge in [-0.25, -0.2) is 0 Å². The van der Waals surface area contributed by atoms with E-state index in [9.17, 15) is 0 Å². The van der Waals surface area contributed by atoms with Crippen LogP contribution in [0.1, 0.15) is 23.3 Å². The van der Waals surface area contributed by atoms with Gasteiger partial charge in [-0.15, -0.1) is 0 Å². The fraction of sp³-hybridized carbons (Fsp3) is 0.300. The van der Waals surface area contributed by atoms with Gasteiger partial charge in [-0.3, -0.25) is 4.98 Å². The summed E-state index contributed by atoms with van der Waals surface area (Å²) in [6.07, 6.45) is 3.52. The highest BCUT2D eigenvalue weighted by molar-refractivity contribution is 5.20. The molecule has 15 heavy (non-hydrogen) atoms.